The van der Waals surface area contributed by atoms with Crippen molar-refractivity contribution in [3.8, 4) is 11.5 Å². The van der Waals surface area contributed by atoms with Crippen LogP contribution in [0.4, 0.5) is 0 Å². The van der Waals surface area contributed by atoms with E-state index in [9.17, 15) is 10.2 Å². The number of methoxy groups -OCH3 is 1. The molecule has 1 aliphatic heterocycles. The minimum atomic E-state index is -3.25. The third-order valence-electron chi connectivity index (χ3n) is 13.2. The van der Waals surface area contributed by atoms with Gasteiger partial charge in [0.25, 0.3) is 16.6 Å². The summed E-state index contributed by atoms with van der Waals surface area (Å²) >= 11 is 0. The van der Waals surface area contributed by atoms with Gasteiger partial charge in [-0.3, -0.25) is 0 Å². The fourth-order valence-electron chi connectivity index (χ4n) is 9.23. The van der Waals surface area contributed by atoms with Gasteiger partial charge in [-0.1, -0.05) is 144 Å². The van der Waals surface area contributed by atoms with Crippen molar-refractivity contribution in [1.29, 1.82) is 0 Å². The number of aliphatic hydroxyl groups excluding tert-OH is 2. The Morgan fingerprint density at radius 1 is 0.759 bits per heavy atom. The van der Waals surface area contributed by atoms with Crippen LogP contribution in [-0.4, -0.2) is 66.7 Å². The number of ether oxygens (including phenoxy) is 2. The van der Waals surface area contributed by atoms with Gasteiger partial charge < -0.3 is 33.0 Å². The monoisotopic (exact) mass is 792 g/mol. The first-order chi connectivity index (χ1) is 25.0. The molecule has 0 unspecified atom stereocenters. The third-order valence-corrected chi connectivity index (χ3v) is 28.7. The third kappa shape index (κ3) is 6.70. The van der Waals surface area contributed by atoms with E-state index in [1.54, 1.807) is 7.11 Å². The topological polar surface area (TPSA) is 89.9 Å². The molecule has 298 valence electrons. The average Bonchev–Trinajstić information content (AvgIpc) is 3.79. The summed E-state index contributed by atoms with van der Waals surface area (Å²) in [6.07, 6.45) is -1.97. The van der Waals surface area contributed by atoms with Gasteiger partial charge in [0.2, 0.25) is 0 Å². The van der Waals surface area contributed by atoms with Crippen LogP contribution in [0.15, 0.2) is 72.8 Å². The van der Waals surface area contributed by atoms with E-state index in [1.165, 1.54) is 0 Å². The molecule has 7 nitrogen and oxygen atoms in total. The van der Waals surface area contributed by atoms with E-state index in [0.717, 1.165) is 15.9 Å². The first kappa shape index (κ1) is 42.8. The quantitative estimate of drug-likeness (QED) is 0.124. The molecule has 4 atom stereocenters. The van der Waals surface area contributed by atoms with Gasteiger partial charge in [0, 0.05) is 11.6 Å². The van der Waals surface area contributed by atoms with Gasteiger partial charge in [-0.15, -0.1) is 0 Å². The Morgan fingerprint density at radius 3 is 1.67 bits per heavy atom. The second-order valence-electron chi connectivity index (χ2n) is 19.2. The predicted molar refractivity (Wildman–Crippen MR) is 228 cm³/mol. The van der Waals surface area contributed by atoms with Crippen molar-refractivity contribution in [1.82, 2.24) is 0 Å². The average molecular weight is 793 g/mol. The molecular weight excluding hydrogens is 725 g/mol. The van der Waals surface area contributed by atoms with Crippen LogP contribution < -0.4 is 19.5 Å². The van der Waals surface area contributed by atoms with Crippen molar-refractivity contribution in [2.24, 2.45) is 0 Å². The van der Waals surface area contributed by atoms with Crippen LogP contribution in [-0.2, 0) is 13.6 Å². The first-order valence-corrected chi connectivity index (χ1v) is 26.8. The number of rotatable bonds is 14. The molecule has 54 heavy (non-hydrogen) atoms. The largest absolute Gasteiger partial charge is 0.542 e. The minimum Gasteiger partial charge on any atom is -0.542 e. The highest BCUT2D eigenvalue weighted by Crippen LogP contribution is 2.69. The Morgan fingerprint density at radius 2 is 1.26 bits per heavy atom. The van der Waals surface area contributed by atoms with E-state index in [1.807, 2.05) is 24.3 Å². The van der Waals surface area contributed by atoms with Gasteiger partial charge in [0.1, 0.15) is 23.7 Å². The summed E-state index contributed by atoms with van der Waals surface area (Å²) in [6, 6.07) is 25.0. The van der Waals surface area contributed by atoms with E-state index < -0.39 is 48.4 Å². The van der Waals surface area contributed by atoms with Gasteiger partial charge in [0.05, 0.1) is 20.3 Å². The lowest BCUT2D eigenvalue weighted by Crippen LogP contribution is -2.68. The smallest absolute Gasteiger partial charge is 0.262 e. The molecule has 3 aromatic carbocycles. The highest BCUT2D eigenvalue weighted by molar-refractivity contribution is 6.99. The standard InChI is InChI=1S/C44H68O7Si3/c1-30(2)53(31(3)4,32(5)6)49-37-27-33(47-13)26-36-38(37)39(46)44(29-48-52(14,15)41(7,8)9)43(28-45,51-44)40(36)50-54(42(10,11)12,34-22-18-16-19-23-34)35-24-20-17-21-25-35/h16-27,30-32,39-40,45-46H,28-29H2,1-15H3/t39-,40-,43-,44+/m1/s1. The zero-order valence-electron chi connectivity index (χ0n) is 35.7. The number of hydrogen-bond acceptors (Lipinski definition) is 7. The zero-order valence-corrected chi connectivity index (χ0v) is 38.7. The lowest BCUT2D eigenvalue weighted by Gasteiger charge is -2.49. The van der Waals surface area contributed by atoms with Crippen molar-refractivity contribution in [2.45, 2.75) is 146 Å². The molecule has 1 fully saturated rings. The van der Waals surface area contributed by atoms with E-state index >= 15 is 0 Å². The van der Waals surface area contributed by atoms with Crippen LogP contribution in [0.1, 0.15) is 106 Å². The molecule has 5 rings (SSSR count). The first-order valence-electron chi connectivity index (χ1n) is 19.9. The van der Waals surface area contributed by atoms with Crippen LogP contribution in [0.25, 0.3) is 0 Å². The summed E-state index contributed by atoms with van der Waals surface area (Å²) in [5, 5.41) is 26.4. The lowest BCUT2D eigenvalue weighted by molar-refractivity contribution is 0.0164. The molecule has 0 amide bonds. The van der Waals surface area contributed by atoms with Gasteiger partial charge in [-0.05, 0) is 61.8 Å². The van der Waals surface area contributed by atoms with Gasteiger partial charge >= 0.3 is 0 Å². The Bertz CT molecular complexity index is 1690. The second-order valence-corrected chi connectivity index (χ2v) is 33.6. The van der Waals surface area contributed by atoms with Crippen LogP contribution in [0.3, 0.4) is 0 Å². The Kier molecular flexibility index (Phi) is 11.8. The SMILES string of the molecule is COc1cc(O[Si](C(C)C)(C(C)C)C(C)C)c2c(c1)[C@@H](O[Si](c1ccccc1)(c1ccccc1)C(C)(C)C)[C@@]1(CO)O[C@@]1(CO[Si](C)(C)C(C)(C)C)[C@@H]2O. The van der Waals surface area contributed by atoms with Crippen molar-refractivity contribution < 1.29 is 33.0 Å². The molecule has 10 heteroatoms. The minimum absolute atomic E-state index is 0.0820. The maximum absolute atomic E-state index is 12.9. The van der Waals surface area contributed by atoms with Crippen molar-refractivity contribution in [2.75, 3.05) is 20.3 Å². The van der Waals surface area contributed by atoms with Gasteiger partial charge in [-0.25, -0.2) is 0 Å². The van der Waals surface area contributed by atoms with Crippen LogP contribution in [0, 0.1) is 0 Å². The number of hydrogen-bond donors (Lipinski definition) is 2. The number of aliphatic hydroxyl groups is 2. The van der Waals surface area contributed by atoms with Crippen LogP contribution in [0.2, 0.25) is 39.8 Å². The summed E-state index contributed by atoms with van der Waals surface area (Å²) in [6.45, 7) is 31.1. The molecular formula is C44H68O7Si3. The molecule has 0 radical (unpaired) electrons. The number of epoxide rings is 1. The summed E-state index contributed by atoms with van der Waals surface area (Å²) in [7, 11) is -6.48. The number of fused-ring (bicyclic) bond motifs is 2. The normalized spacial score (nSPS) is 23.4. The Labute approximate surface area is 329 Å². The maximum atomic E-state index is 12.9. The molecule has 0 aromatic heterocycles. The van der Waals surface area contributed by atoms with Crippen LogP contribution in [0.5, 0.6) is 11.5 Å². The van der Waals surface area contributed by atoms with Crippen LogP contribution >= 0.6 is 0 Å². The molecule has 1 saturated heterocycles. The Hall–Kier alpha value is -2.29. The summed E-state index contributed by atoms with van der Waals surface area (Å²) in [5.74, 6) is 1.20. The molecule has 1 heterocycles. The maximum Gasteiger partial charge on any atom is 0.262 e. The van der Waals surface area contributed by atoms with Crippen molar-refractivity contribution >= 4 is 35.3 Å². The van der Waals surface area contributed by atoms with E-state index in [2.05, 4.69) is 145 Å². The highest BCUT2D eigenvalue weighted by Gasteiger charge is 2.81. The fraction of sp³-hybridized carbons (Fsp3) is 0.591. The molecule has 1 aliphatic carbocycles. The predicted octanol–water partition coefficient (Wildman–Crippen LogP) is 9.44. The summed E-state index contributed by atoms with van der Waals surface area (Å²) < 4.78 is 35.4. The molecule has 0 spiro atoms. The van der Waals surface area contributed by atoms with Gasteiger partial charge in [0.15, 0.2) is 19.5 Å². The molecule has 2 aliphatic rings. The Balaban J connectivity index is 1.86. The molecule has 0 bridgehead atoms. The number of benzene rings is 3. The lowest BCUT2D eigenvalue weighted by atomic mass is 9.72. The molecule has 3 aromatic rings. The fourth-order valence-corrected chi connectivity index (χ4v) is 20.2. The molecule has 2 N–H and O–H groups in total. The molecule has 0 saturated carbocycles. The van der Waals surface area contributed by atoms with E-state index in [-0.39, 0.29) is 39.9 Å². The van der Waals surface area contributed by atoms with E-state index in [0.29, 0.717) is 17.1 Å². The van der Waals surface area contributed by atoms with Crippen molar-refractivity contribution in [3.63, 3.8) is 0 Å². The second kappa shape index (κ2) is 14.9. The van der Waals surface area contributed by atoms with Gasteiger partial charge in [-0.2, -0.15) is 0 Å². The zero-order chi connectivity index (χ0) is 40.3. The summed E-state index contributed by atoms with van der Waals surface area (Å²) in [4.78, 5) is 0. The highest BCUT2D eigenvalue weighted by atomic mass is 28.4. The van der Waals surface area contributed by atoms with Crippen molar-refractivity contribution in [3.05, 3.63) is 83.9 Å². The van der Waals surface area contributed by atoms with E-state index in [4.69, 9.17) is 22.8 Å². The summed E-state index contributed by atoms with van der Waals surface area (Å²) in [5.41, 5.74) is -0.376.